The zero-order valence-electron chi connectivity index (χ0n) is 10.2. The molecule has 2 aromatic rings. The van der Waals surface area contributed by atoms with Gasteiger partial charge in [0, 0.05) is 22.9 Å². The van der Waals surface area contributed by atoms with Crippen LogP contribution in [-0.2, 0) is 30.4 Å². The molecule has 0 heterocycles. The van der Waals surface area contributed by atoms with Gasteiger partial charge in [0.25, 0.3) is 30.4 Å². The van der Waals surface area contributed by atoms with Crippen LogP contribution in [0.1, 0.15) is 0 Å². The third-order valence-corrected chi connectivity index (χ3v) is 5.06. The van der Waals surface area contributed by atoms with Gasteiger partial charge in [-0.15, -0.1) is 0 Å². The Morgan fingerprint density at radius 1 is 0.864 bits per heavy atom. The Labute approximate surface area is 125 Å². The van der Waals surface area contributed by atoms with Crippen LogP contribution in [0.4, 0.5) is 0 Å². The molecule has 12 heteroatoms. The highest BCUT2D eigenvalue weighted by Gasteiger charge is 2.24. The van der Waals surface area contributed by atoms with Crippen LogP contribution < -0.4 is 0 Å². The molecule has 0 aliphatic carbocycles. The lowest BCUT2D eigenvalue weighted by atomic mass is 10.1. The average molecular weight is 366 g/mol. The molecule has 0 aliphatic heterocycles. The molecule has 0 aliphatic rings. The topological polar surface area (TPSA) is 163 Å². The van der Waals surface area contributed by atoms with Crippen molar-refractivity contribution in [3.63, 3.8) is 0 Å². The molecule has 0 atom stereocenters. The fourth-order valence-corrected chi connectivity index (χ4v) is 3.64. The van der Waals surface area contributed by atoms with Crippen molar-refractivity contribution < 1.29 is 38.9 Å². The first-order valence-corrected chi connectivity index (χ1v) is 9.47. The highest BCUT2D eigenvalue weighted by Crippen LogP contribution is 2.30. The third-order valence-electron chi connectivity index (χ3n) is 2.55. The van der Waals surface area contributed by atoms with Gasteiger partial charge in [-0.2, -0.15) is 25.3 Å². The second-order valence-corrected chi connectivity index (χ2v) is 8.16. The standard InChI is InChI=1S/C10H6O9S3/c11-20(12,13)6-4-8-7(10(5-6)22(17,18)19)2-1-3-9(8)21(14,15)16/h1-2,5H,(H,11,12,13)(H,14,15,16)(H,17,18,19). The minimum atomic E-state index is -4.96. The summed E-state index contributed by atoms with van der Waals surface area (Å²) in [6.07, 6.45) is 0. The highest BCUT2D eigenvalue weighted by molar-refractivity contribution is 7.87. The maximum Gasteiger partial charge on any atom is 0.295 e. The third kappa shape index (κ3) is 3.11. The van der Waals surface area contributed by atoms with Crippen LogP contribution >= 0.6 is 0 Å². The van der Waals surface area contributed by atoms with E-state index in [0.29, 0.717) is 6.07 Å². The summed E-state index contributed by atoms with van der Waals surface area (Å²) in [5.74, 6) is 0. The second-order valence-electron chi connectivity index (χ2n) is 4.02. The van der Waals surface area contributed by atoms with Gasteiger partial charge in [0.2, 0.25) is 0 Å². The predicted octanol–water partition coefficient (Wildman–Crippen LogP) is 0.180. The van der Waals surface area contributed by atoms with E-state index >= 15 is 0 Å². The maximum absolute atomic E-state index is 11.3. The molecular formula is C10H6O9S3. The Morgan fingerprint density at radius 2 is 1.45 bits per heavy atom. The summed E-state index contributed by atoms with van der Waals surface area (Å²) in [6.45, 7) is 0. The predicted molar refractivity (Wildman–Crippen MR) is 71.1 cm³/mol. The van der Waals surface area contributed by atoms with E-state index in [2.05, 4.69) is 6.07 Å². The number of benzene rings is 2. The molecule has 0 saturated heterocycles. The fraction of sp³-hybridized carbons (Fsp3) is 0. The molecule has 0 spiro atoms. The summed E-state index contributed by atoms with van der Waals surface area (Å²) >= 11 is 0. The first-order valence-electron chi connectivity index (χ1n) is 5.15. The van der Waals surface area contributed by atoms with Crippen molar-refractivity contribution in [2.45, 2.75) is 14.7 Å². The van der Waals surface area contributed by atoms with Crippen molar-refractivity contribution in [2.75, 3.05) is 0 Å². The summed E-state index contributed by atoms with van der Waals surface area (Å²) in [5.41, 5.74) is 0. The van der Waals surface area contributed by atoms with Gasteiger partial charge >= 0.3 is 0 Å². The van der Waals surface area contributed by atoms with Gasteiger partial charge in [-0.25, -0.2) is 0 Å². The van der Waals surface area contributed by atoms with Crippen molar-refractivity contribution in [1.82, 2.24) is 0 Å². The summed E-state index contributed by atoms with van der Waals surface area (Å²) < 4.78 is 94.6. The highest BCUT2D eigenvalue weighted by atomic mass is 32.2. The molecule has 22 heavy (non-hydrogen) atoms. The lowest BCUT2D eigenvalue weighted by Crippen LogP contribution is -2.07. The number of hydrogen-bond acceptors (Lipinski definition) is 6. The summed E-state index contributed by atoms with van der Waals surface area (Å²) in [6, 6.07) is 6.42. The summed E-state index contributed by atoms with van der Waals surface area (Å²) in [4.78, 5) is -3.04. The second kappa shape index (κ2) is 4.97. The molecular weight excluding hydrogens is 360 g/mol. The van der Waals surface area contributed by atoms with Crippen molar-refractivity contribution in [2.24, 2.45) is 0 Å². The first kappa shape index (κ1) is 16.8. The van der Waals surface area contributed by atoms with E-state index in [9.17, 15) is 25.3 Å². The fourth-order valence-electron chi connectivity index (χ4n) is 1.72. The van der Waals surface area contributed by atoms with Gasteiger partial charge in [0.15, 0.2) is 0 Å². The minimum Gasteiger partial charge on any atom is -0.282 e. The smallest absolute Gasteiger partial charge is 0.282 e. The molecule has 0 fully saturated rings. The first-order chi connectivity index (χ1) is 9.82. The van der Waals surface area contributed by atoms with Crippen molar-refractivity contribution in [3.8, 4) is 0 Å². The minimum absolute atomic E-state index is 0.404. The lowest BCUT2D eigenvalue weighted by Gasteiger charge is -2.08. The number of hydrogen-bond donors (Lipinski definition) is 3. The lowest BCUT2D eigenvalue weighted by molar-refractivity contribution is 0.478. The molecule has 0 amide bonds. The van der Waals surface area contributed by atoms with Crippen LogP contribution in [0.5, 0.6) is 0 Å². The number of rotatable bonds is 3. The van der Waals surface area contributed by atoms with Crippen LogP contribution in [0, 0.1) is 12.1 Å². The van der Waals surface area contributed by atoms with E-state index in [0.717, 1.165) is 12.1 Å². The molecule has 0 aromatic heterocycles. The molecule has 2 rings (SSSR count). The van der Waals surface area contributed by atoms with E-state index < -0.39 is 55.8 Å². The Kier molecular flexibility index (Phi) is 3.80. The Balaban J connectivity index is 3.17. The average Bonchev–Trinajstić information content (AvgIpc) is 2.33. The van der Waals surface area contributed by atoms with Crippen molar-refractivity contribution in [1.29, 1.82) is 0 Å². The van der Waals surface area contributed by atoms with Gasteiger partial charge in [-0.3, -0.25) is 13.7 Å². The van der Waals surface area contributed by atoms with Crippen molar-refractivity contribution >= 4 is 41.1 Å². The maximum atomic E-state index is 11.3. The van der Waals surface area contributed by atoms with Gasteiger partial charge in [0.1, 0.15) is 14.7 Å². The van der Waals surface area contributed by atoms with E-state index in [4.69, 9.17) is 13.7 Å². The van der Waals surface area contributed by atoms with Crippen LogP contribution in [-0.4, -0.2) is 38.9 Å². The van der Waals surface area contributed by atoms with Gasteiger partial charge in [0.05, 0.1) is 0 Å². The zero-order valence-corrected chi connectivity index (χ0v) is 12.7. The number of fused-ring (bicyclic) bond motifs is 1. The normalized spacial score (nSPS) is 13.4. The molecule has 3 N–H and O–H groups in total. The molecule has 9 nitrogen and oxygen atoms in total. The van der Waals surface area contributed by atoms with Crippen LogP contribution in [0.3, 0.4) is 0 Å². The van der Waals surface area contributed by atoms with Crippen LogP contribution in [0.15, 0.2) is 32.9 Å². The summed E-state index contributed by atoms with van der Waals surface area (Å²) in [7, 11) is -14.8. The Morgan fingerprint density at radius 3 is 1.91 bits per heavy atom. The Bertz CT molecular complexity index is 1080. The van der Waals surface area contributed by atoms with Crippen LogP contribution in [0.25, 0.3) is 10.8 Å². The molecule has 2 aromatic carbocycles. The molecule has 0 unspecified atom stereocenters. The zero-order chi connectivity index (χ0) is 16.9. The monoisotopic (exact) mass is 366 g/mol. The van der Waals surface area contributed by atoms with Gasteiger partial charge in [-0.05, 0) is 6.07 Å². The molecule has 118 valence electrons. The van der Waals surface area contributed by atoms with Gasteiger partial charge < -0.3 is 0 Å². The molecule has 0 bridgehead atoms. The van der Waals surface area contributed by atoms with E-state index in [-0.39, 0.29) is 0 Å². The quantitative estimate of drug-likeness (QED) is 0.643. The van der Waals surface area contributed by atoms with E-state index in [1.807, 2.05) is 6.07 Å². The largest absolute Gasteiger partial charge is 0.295 e. The van der Waals surface area contributed by atoms with Gasteiger partial charge in [-0.1, -0.05) is 12.1 Å². The van der Waals surface area contributed by atoms with Crippen molar-refractivity contribution in [3.05, 3.63) is 30.3 Å². The molecule has 0 saturated carbocycles. The Hall–Kier alpha value is -1.57. The van der Waals surface area contributed by atoms with Crippen LogP contribution in [0.2, 0.25) is 0 Å². The molecule has 2 radical (unpaired) electrons. The SMILES string of the molecule is O=S(=O)(O)c1[c]c2c(S(=O)(=O)O)[c]ccc2c(S(=O)(=O)O)c1. The van der Waals surface area contributed by atoms with E-state index in [1.165, 1.54) is 0 Å². The van der Waals surface area contributed by atoms with E-state index in [1.54, 1.807) is 0 Å². The summed E-state index contributed by atoms with van der Waals surface area (Å²) in [5, 5.41) is -1.10.